The van der Waals surface area contributed by atoms with Crippen molar-refractivity contribution in [1.82, 2.24) is 24.8 Å². The van der Waals surface area contributed by atoms with E-state index >= 15 is 0 Å². The van der Waals surface area contributed by atoms with Crippen LogP contribution in [0.3, 0.4) is 0 Å². The molecule has 2 aromatic heterocycles. The molecule has 5 rings (SSSR count). The Labute approximate surface area is 170 Å². The summed E-state index contributed by atoms with van der Waals surface area (Å²) in [6, 6.07) is 6.72. The van der Waals surface area contributed by atoms with Gasteiger partial charge in [0.2, 0.25) is 11.8 Å². The molecule has 2 aliphatic heterocycles. The van der Waals surface area contributed by atoms with Gasteiger partial charge < -0.3 is 4.90 Å². The van der Waals surface area contributed by atoms with Crippen LogP contribution in [-0.2, 0) is 16.1 Å². The third-order valence-corrected chi connectivity index (χ3v) is 5.85. The number of halogens is 1. The molecule has 3 amide bonds. The number of hydrogen-bond donors (Lipinski definition) is 1. The molecule has 0 radical (unpaired) electrons. The first-order valence-corrected chi connectivity index (χ1v) is 9.59. The smallest absolute Gasteiger partial charge is 0.255 e. The van der Waals surface area contributed by atoms with E-state index < -0.39 is 11.9 Å². The second-order valence-corrected chi connectivity index (χ2v) is 7.63. The van der Waals surface area contributed by atoms with E-state index in [1.54, 1.807) is 16.8 Å². The van der Waals surface area contributed by atoms with E-state index in [4.69, 9.17) is 11.6 Å². The van der Waals surface area contributed by atoms with Gasteiger partial charge in [0, 0.05) is 30.3 Å². The van der Waals surface area contributed by atoms with Crippen molar-refractivity contribution in [1.29, 1.82) is 0 Å². The molecule has 9 heteroatoms. The number of hydrogen-bond acceptors (Lipinski definition) is 5. The summed E-state index contributed by atoms with van der Waals surface area (Å²) in [5.74, 6) is -0.910. The number of amides is 3. The zero-order chi connectivity index (χ0) is 20.3. The molecule has 0 saturated carbocycles. The first kappa shape index (κ1) is 17.8. The standard InChI is InChI=1S/C20H16ClN5O3/c1-10-17(21)18-22-14(6-7-26(18)24-10)11-2-3-13-12(8-11)9-25(20(13)29)15-4-5-16(27)23-19(15)28/h2-3,6-8,15H,4-5,9H2,1H3,(H,23,27,28)/t15-/m0/s1. The molecule has 2 aliphatic rings. The Morgan fingerprint density at radius 2 is 2.03 bits per heavy atom. The van der Waals surface area contributed by atoms with E-state index in [2.05, 4.69) is 15.4 Å². The summed E-state index contributed by atoms with van der Waals surface area (Å²) in [6.45, 7) is 2.14. The van der Waals surface area contributed by atoms with Gasteiger partial charge in [-0.3, -0.25) is 19.7 Å². The number of fused-ring (bicyclic) bond motifs is 2. The van der Waals surface area contributed by atoms with E-state index in [9.17, 15) is 14.4 Å². The van der Waals surface area contributed by atoms with Gasteiger partial charge in [-0.2, -0.15) is 5.10 Å². The van der Waals surface area contributed by atoms with Crippen molar-refractivity contribution >= 4 is 35.0 Å². The van der Waals surface area contributed by atoms with Gasteiger partial charge in [-0.05, 0) is 37.1 Å². The van der Waals surface area contributed by atoms with E-state index in [0.29, 0.717) is 40.6 Å². The number of nitrogens with zero attached hydrogens (tertiary/aromatic N) is 4. The predicted molar refractivity (Wildman–Crippen MR) is 104 cm³/mol. The van der Waals surface area contributed by atoms with Crippen molar-refractivity contribution in [3.05, 3.63) is 52.3 Å². The number of imide groups is 1. The molecule has 1 fully saturated rings. The summed E-state index contributed by atoms with van der Waals surface area (Å²) in [7, 11) is 0. The summed E-state index contributed by atoms with van der Waals surface area (Å²) in [5, 5.41) is 7.12. The lowest BCUT2D eigenvalue weighted by Crippen LogP contribution is -2.52. The van der Waals surface area contributed by atoms with Gasteiger partial charge in [-0.15, -0.1) is 0 Å². The van der Waals surface area contributed by atoms with Crippen LogP contribution in [0.4, 0.5) is 0 Å². The Hall–Kier alpha value is -3.26. The minimum Gasteiger partial charge on any atom is -0.322 e. The molecule has 0 unspecified atom stereocenters. The van der Waals surface area contributed by atoms with Crippen molar-refractivity contribution in [3.63, 3.8) is 0 Å². The molecule has 3 aromatic rings. The second-order valence-electron chi connectivity index (χ2n) is 7.25. The highest BCUT2D eigenvalue weighted by Crippen LogP contribution is 2.31. The second kappa shape index (κ2) is 6.38. The van der Waals surface area contributed by atoms with Crippen molar-refractivity contribution in [2.24, 2.45) is 0 Å². The maximum absolute atomic E-state index is 12.8. The van der Waals surface area contributed by atoms with Gasteiger partial charge in [0.15, 0.2) is 5.65 Å². The van der Waals surface area contributed by atoms with Crippen molar-refractivity contribution < 1.29 is 14.4 Å². The first-order chi connectivity index (χ1) is 13.9. The molecule has 1 N–H and O–H groups in total. The predicted octanol–water partition coefficient (Wildman–Crippen LogP) is 2.12. The lowest BCUT2D eigenvalue weighted by molar-refractivity contribution is -0.136. The number of piperidine rings is 1. The maximum atomic E-state index is 12.8. The van der Waals surface area contributed by atoms with Gasteiger partial charge in [0.05, 0.1) is 11.4 Å². The molecule has 0 bridgehead atoms. The van der Waals surface area contributed by atoms with Gasteiger partial charge in [0.1, 0.15) is 11.1 Å². The van der Waals surface area contributed by atoms with Crippen LogP contribution in [0.5, 0.6) is 0 Å². The number of rotatable bonds is 2. The van der Waals surface area contributed by atoms with Crippen molar-refractivity contribution in [3.8, 4) is 11.3 Å². The van der Waals surface area contributed by atoms with Gasteiger partial charge in [-0.1, -0.05) is 17.7 Å². The SMILES string of the molecule is Cc1nn2ccc(-c3ccc4c(c3)CN([C@H]3CCC(=O)NC3=O)C4=O)nc2c1Cl. The normalized spacial score (nSPS) is 19.0. The molecular weight excluding hydrogens is 394 g/mol. The summed E-state index contributed by atoms with van der Waals surface area (Å²) >= 11 is 6.28. The largest absolute Gasteiger partial charge is 0.322 e. The van der Waals surface area contributed by atoms with Crippen LogP contribution in [0.1, 0.15) is 34.5 Å². The Morgan fingerprint density at radius 1 is 1.21 bits per heavy atom. The molecule has 0 aliphatic carbocycles. The number of nitrogens with one attached hydrogen (secondary N) is 1. The van der Waals surface area contributed by atoms with Crippen LogP contribution in [-0.4, -0.2) is 43.3 Å². The molecular formula is C20H16ClN5O3. The highest BCUT2D eigenvalue weighted by molar-refractivity contribution is 6.34. The maximum Gasteiger partial charge on any atom is 0.255 e. The number of carbonyl (C=O) groups excluding carboxylic acids is 3. The van der Waals surface area contributed by atoms with Crippen molar-refractivity contribution in [2.45, 2.75) is 32.4 Å². The highest BCUT2D eigenvalue weighted by Gasteiger charge is 2.39. The zero-order valence-electron chi connectivity index (χ0n) is 15.5. The number of carbonyl (C=O) groups is 3. The molecule has 1 aromatic carbocycles. The van der Waals surface area contributed by atoms with Crippen LogP contribution >= 0.6 is 11.6 Å². The third kappa shape index (κ3) is 2.79. The van der Waals surface area contributed by atoms with Gasteiger partial charge >= 0.3 is 0 Å². The summed E-state index contributed by atoms with van der Waals surface area (Å²) in [6.07, 6.45) is 2.37. The van der Waals surface area contributed by atoms with E-state index in [1.807, 2.05) is 25.1 Å². The third-order valence-electron chi connectivity index (χ3n) is 5.41. The van der Waals surface area contributed by atoms with Crippen LogP contribution < -0.4 is 5.32 Å². The lowest BCUT2D eigenvalue weighted by atomic mass is 10.0. The van der Waals surface area contributed by atoms with Crippen LogP contribution in [0.15, 0.2) is 30.5 Å². The quantitative estimate of drug-likeness (QED) is 0.654. The Bertz CT molecular complexity index is 1220. The first-order valence-electron chi connectivity index (χ1n) is 9.22. The number of aromatic nitrogens is 3. The fraction of sp³-hybridized carbons (Fsp3) is 0.250. The highest BCUT2D eigenvalue weighted by atomic mass is 35.5. The average molecular weight is 410 g/mol. The van der Waals surface area contributed by atoms with E-state index in [-0.39, 0.29) is 18.2 Å². The van der Waals surface area contributed by atoms with Crippen LogP contribution in [0, 0.1) is 6.92 Å². The number of benzene rings is 1. The summed E-state index contributed by atoms with van der Waals surface area (Å²) in [4.78, 5) is 42.5. The van der Waals surface area contributed by atoms with E-state index in [1.165, 1.54) is 4.90 Å². The molecule has 8 nitrogen and oxygen atoms in total. The molecule has 1 saturated heterocycles. The average Bonchev–Trinajstić information content (AvgIpc) is 3.18. The topological polar surface area (TPSA) is 96.7 Å². The monoisotopic (exact) mass is 409 g/mol. The Balaban J connectivity index is 1.48. The molecule has 4 heterocycles. The zero-order valence-corrected chi connectivity index (χ0v) is 16.2. The minimum absolute atomic E-state index is 0.195. The molecule has 1 atom stereocenters. The molecule has 0 spiro atoms. The minimum atomic E-state index is -0.626. The summed E-state index contributed by atoms with van der Waals surface area (Å²) in [5.41, 5.74) is 4.24. The molecule has 29 heavy (non-hydrogen) atoms. The Kier molecular flexibility index (Phi) is 3.92. The Morgan fingerprint density at radius 3 is 2.83 bits per heavy atom. The fourth-order valence-electron chi connectivity index (χ4n) is 3.91. The summed E-state index contributed by atoms with van der Waals surface area (Å²) < 4.78 is 1.63. The van der Waals surface area contributed by atoms with Gasteiger partial charge in [-0.25, -0.2) is 9.50 Å². The number of aryl methyl sites for hydroxylation is 1. The van der Waals surface area contributed by atoms with Gasteiger partial charge in [0.25, 0.3) is 5.91 Å². The fourth-order valence-corrected chi connectivity index (χ4v) is 4.07. The van der Waals surface area contributed by atoms with E-state index in [0.717, 1.165) is 11.1 Å². The van der Waals surface area contributed by atoms with Crippen molar-refractivity contribution in [2.75, 3.05) is 0 Å². The van der Waals surface area contributed by atoms with Crippen LogP contribution in [0.25, 0.3) is 16.9 Å². The molecule has 146 valence electrons. The lowest BCUT2D eigenvalue weighted by Gasteiger charge is -2.29. The van der Waals surface area contributed by atoms with Crippen LogP contribution in [0.2, 0.25) is 5.02 Å².